The van der Waals surface area contributed by atoms with Gasteiger partial charge in [0, 0.05) is 0 Å². The molecule has 0 aromatic heterocycles. The Morgan fingerprint density at radius 1 is 1.56 bits per heavy atom. The third-order valence-electron chi connectivity index (χ3n) is 1.98. The summed E-state index contributed by atoms with van der Waals surface area (Å²) in [5.74, 6) is -1.18. The van der Waals surface area contributed by atoms with E-state index in [1.165, 1.54) is 18.2 Å². The summed E-state index contributed by atoms with van der Waals surface area (Å²) in [5, 5.41) is 2.41. The lowest BCUT2D eigenvalue weighted by Gasteiger charge is -2.09. The van der Waals surface area contributed by atoms with Gasteiger partial charge >= 0.3 is 0 Å². The van der Waals surface area contributed by atoms with Gasteiger partial charge in [-0.15, -0.1) is 6.58 Å². The van der Waals surface area contributed by atoms with E-state index in [4.69, 9.17) is 4.74 Å². The summed E-state index contributed by atoms with van der Waals surface area (Å²) in [7, 11) is 0. The topological polar surface area (TPSA) is 50.7 Å². The van der Waals surface area contributed by atoms with Crippen LogP contribution in [-0.2, 0) is 4.74 Å². The molecule has 96 valence electrons. The van der Waals surface area contributed by atoms with Gasteiger partial charge in [-0.25, -0.2) is 9.38 Å². The maximum Gasteiger partial charge on any atom is 0.291 e. The molecule has 0 fully saturated rings. The second-order valence-corrected chi connectivity index (χ2v) is 3.30. The van der Waals surface area contributed by atoms with Crippen molar-refractivity contribution in [3.8, 4) is 0 Å². The third kappa shape index (κ3) is 4.01. The minimum absolute atomic E-state index is 0.0523. The highest BCUT2D eigenvalue weighted by molar-refractivity contribution is 6.04. The van der Waals surface area contributed by atoms with E-state index in [2.05, 4.69) is 16.9 Å². The first-order valence-corrected chi connectivity index (χ1v) is 5.53. The van der Waals surface area contributed by atoms with Crippen LogP contribution in [0.15, 0.2) is 41.9 Å². The average Bonchev–Trinajstić information content (AvgIpc) is 2.36. The molecule has 0 atom stereocenters. The van der Waals surface area contributed by atoms with Crippen molar-refractivity contribution in [2.24, 2.45) is 4.99 Å². The molecule has 1 rings (SSSR count). The van der Waals surface area contributed by atoms with E-state index in [1.807, 2.05) is 0 Å². The van der Waals surface area contributed by atoms with E-state index in [1.54, 1.807) is 19.1 Å². The summed E-state index contributed by atoms with van der Waals surface area (Å²) in [6.45, 7) is 5.94. The number of nitrogens with zero attached hydrogens (tertiary/aromatic N) is 1. The highest BCUT2D eigenvalue weighted by atomic mass is 19.1. The Bertz CT molecular complexity index is 458. The van der Waals surface area contributed by atoms with Gasteiger partial charge in [-0.2, -0.15) is 0 Å². The number of halogens is 1. The monoisotopic (exact) mass is 250 g/mol. The fourth-order valence-electron chi connectivity index (χ4n) is 1.22. The van der Waals surface area contributed by atoms with Crippen LogP contribution >= 0.6 is 0 Å². The standard InChI is InChI=1S/C13H15FN2O2/c1-3-9-15-13(18-4-2)16-12(17)10-7-5-6-8-11(10)14/h3,5-8H,1,4,9H2,2H3,(H,15,16,17). The van der Waals surface area contributed by atoms with Gasteiger partial charge in [-0.1, -0.05) is 18.2 Å². The van der Waals surface area contributed by atoms with Crippen molar-refractivity contribution in [2.45, 2.75) is 6.92 Å². The van der Waals surface area contributed by atoms with Crippen LogP contribution in [0.2, 0.25) is 0 Å². The van der Waals surface area contributed by atoms with Crippen molar-refractivity contribution in [1.82, 2.24) is 5.32 Å². The number of hydrogen-bond acceptors (Lipinski definition) is 3. The number of nitrogens with one attached hydrogen (secondary N) is 1. The molecule has 0 bridgehead atoms. The van der Waals surface area contributed by atoms with Gasteiger partial charge in [0.15, 0.2) is 0 Å². The normalized spacial score (nSPS) is 10.9. The molecule has 0 aliphatic heterocycles. The van der Waals surface area contributed by atoms with Crippen molar-refractivity contribution < 1.29 is 13.9 Å². The lowest BCUT2D eigenvalue weighted by Crippen LogP contribution is -2.33. The van der Waals surface area contributed by atoms with Crippen molar-refractivity contribution in [2.75, 3.05) is 13.2 Å². The first-order chi connectivity index (χ1) is 8.69. The Balaban J connectivity index is 2.78. The average molecular weight is 250 g/mol. The van der Waals surface area contributed by atoms with Gasteiger partial charge in [0.2, 0.25) is 0 Å². The lowest BCUT2D eigenvalue weighted by atomic mass is 10.2. The van der Waals surface area contributed by atoms with Gasteiger partial charge in [0.1, 0.15) is 5.82 Å². The number of carbonyl (C=O) groups excluding carboxylic acids is 1. The molecule has 1 amide bonds. The van der Waals surface area contributed by atoms with E-state index in [0.29, 0.717) is 13.2 Å². The predicted molar refractivity (Wildman–Crippen MR) is 68.0 cm³/mol. The molecule has 0 saturated heterocycles. The molecule has 1 aromatic carbocycles. The molecule has 0 saturated carbocycles. The Labute approximate surface area is 105 Å². The summed E-state index contributed by atoms with van der Waals surface area (Å²) >= 11 is 0. The molecule has 4 nitrogen and oxygen atoms in total. The molecule has 0 heterocycles. The number of rotatable bonds is 4. The van der Waals surface area contributed by atoms with Crippen LogP contribution in [-0.4, -0.2) is 25.1 Å². The molecule has 0 radical (unpaired) electrons. The van der Waals surface area contributed by atoms with E-state index < -0.39 is 11.7 Å². The molecule has 0 aliphatic rings. The number of benzene rings is 1. The van der Waals surface area contributed by atoms with Crippen molar-refractivity contribution in [3.63, 3.8) is 0 Å². The van der Waals surface area contributed by atoms with Crippen LogP contribution in [0.3, 0.4) is 0 Å². The van der Waals surface area contributed by atoms with E-state index in [9.17, 15) is 9.18 Å². The Kier molecular flexibility index (Phi) is 5.57. The number of hydrogen-bond donors (Lipinski definition) is 1. The Hall–Kier alpha value is -2.17. The van der Waals surface area contributed by atoms with Crippen molar-refractivity contribution in [1.29, 1.82) is 0 Å². The minimum atomic E-state index is -0.593. The molecule has 1 N–H and O–H groups in total. The van der Waals surface area contributed by atoms with Crippen LogP contribution < -0.4 is 5.32 Å². The van der Waals surface area contributed by atoms with Crippen LogP contribution in [0.5, 0.6) is 0 Å². The Morgan fingerprint density at radius 2 is 2.28 bits per heavy atom. The van der Waals surface area contributed by atoms with Gasteiger partial charge in [0.25, 0.3) is 11.9 Å². The van der Waals surface area contributed by atoms with Crippen molar-refractivity contribution >= 4 is 11.9 Å². The van der Waals surface area contributed by atoms with E-state index in [-0.39, 0.29) is 11.6 Å². The molecular weight excluding hydrogens is 235 g/mol. The summed E-state index contributed by atoms with van der Waals surface area (Å²) in [4.78, 5) is 15.7. The number of amides is 1. The van der Waals surface area contributed by atoms with Crippen LogP contribution in [0.1, 0.15) is 17.3 Å². The zero-order valence-electron chi connectivity index (χ0n) is 10.1. The zero-order valence-corrected chi connectivity index (χ0v) is 10.1. The first-order valence-electron chi connectivity index (χ1n) is 5.53. The molecule has 0 aliphatic carbocycles. The number of aliphatic imine (C=N–C) groups is 1. The first kappa shape index (κ1) is 13.9. The highest BCUT2D eigenvalue weighted by Crippen LogP contribution is 2.05. The predicted octanol–water partition coefficient (Wildman–Crippen LogP) is 2.13. The minimum Gasteiger partial charge on any atom is -0.465 e. The van der Waals surface area contributed by atoms with Crippen LogP contribution in [0.4, 0.5) is 4.39 Å². The second-order valence-electron chi connectivity index (χ2n) is 3.30. The van der Waals surface area contributed by atoms with Crippen molar-refractivity contribution in [3.05, 3.63) is 48.3 Å². The van der Waals surface area contributed by atoms with Gasteiger partial charge in [0.05, 0.1) is 18.7 Å². The second kappa shape index (κ2) is 7.21. The zero-order chi connectivity index (χ0) is 13.4. The fraction of sp³-hybridized carbons (Fsp3) is 0.231. The molecule has 1 aromatic rings. The molecule has 5 heteroatoms. The Morgan fingerprint density at radius 3 is 2.89 bits per heavy atom. The molecular formula is C13H15FN2O2. The SMILES string of the molecule is C=CCN=C(NC(=O)c1ccccc1F)OCC. The summed E-state index contributed by atoms with van der Waals surface area (Å²) < 4.78 is 18.5. The summed E-state index contributed by atoms with van der Waals surface area (Å²) in [6, 6.07) is 5.77. The molecule has 18 heavy (non-hydrogen) atoms. The smallest absolute Gasteiger partial charge is 0.291 e. The maximum absolute atomic E-state index is 13.4. The number of ether oxygens (including phenoxy) is 1. The van der Waals surface area contributed by atoms with Crippen LogP contribution in [0, 0.1) is 5.82 Å². The number of carbonyl (C=O) groups is 1. The molecule has 0 spiro atoms. The van der Waals surface area contributed by atoms with E-state index in [0.717, 1.165) is 0 Å². The highest BCUT2D eigenvalue weighted by Gasteiger charge is 2.13. The quantitative estimate of drug-likeness (QED) is 0.505. The summed E-state index contributed by atoms with van der Waals surface area (Å²) in [6.07, 6.45) is 1.56. The molecule has 0 unspecified atom stereocenters. The van der Waals surface area contributed by atoms with Crippen LogP contribution in [0.25, 0.3) is 0 Å². The largest absolute Gasteiger partial charge is 0.465 e. The van der Waals surface area contributed by atoms with Gasteiger partial charge < -0.3 is 4.74 Å². The fourth-order valence-corrected chi connectivity index (χ4v) is 1.22. The van der Waals surface area contributed by atoms with Gasteiger partial charge in [-0.3, -0.25) is 10.1 Å². The van der Waals surface area contributed by atoms with E-state index >= 15 is 0 Å². The van der Waals surface area contributed by atoms with Gasteiger partial charge in [-0.05, 0) is 19.1 Å². The summed E-state index contributed by atoms with van der Waals surface area (Å²) in [5.41, 5.74) is -0.0523. The maximum atomic E-state index is 13.4. The number of amidine groups is 1. The lowest BCUT2D eigenvalue weighted by molar-refractivity contribution is 0.0962. The third-order valence-corrected chi connectivity index (χ3v) is 1.98.